The van der Waals surface area contributed by atoms with E-state index < -0.39 is 6.04 Å². The van der Waals surface area contributed by atoms with Crippen LogP contribution in [0.1, 0.15) is 36.6 Å². The first-order valence-electron chi connectivity index (χ1n) is 8.38. The van der Waals surface area contributed by atoms with Gasteiger partial charge in [0, 0.05) is 12.6 Å². The van der Waals surface area contributed by atoms with Crippen LogP contribution in [0.4, 0.5) is 4.39 Å². The third-order valence-corrected chi connectivity index (χ3v) is 4.44. The molecule has 1 aliphatic rings. The molecule has 0 spiro atoms. The van der Waals surface area contributed by atoms with Gasteiger partial charge in [0.1, 0.15) is 11.9 Å². The van der Waals surface area contributed by atoms with E-state index in [4.69, 9.17) is 0 Å². The second-order valence-electron chi connectivity index (χ2n) is 6.52. The lowest BCUT2D eigenvalue weighted by atomic mass is 9.90. The number of nitrogens with one attached hydrogen (secondary N) is 1. The lowest BCUT2D eigenvalue weighted by Crippen LogP contribution is -2.50. The van der Waals surface area contributed by atoms with Crippen LogP contribution >= 0.6 is 0 Å². The van der Waals surface area contributed by atoms with E-state index in [9.17, 15) is 14.0 Å². The van der Waals surface area contributed by atoms with Crippen LogP contribution < -0.4 is 5.32 Å². The second kappa shape index (κ2) is 7.05. The normalized spacial score (nSPS) is 16.7. The number of fused-ring (bicyclic) bond motifs is 1. The quantitative estimate of drug-likeness (QED) is 0.930. The Balaban J connectivity index is 1.84. The fourth-order valence-electron chi connectivity index (χ4n) is 3.25. The van der Waals surface area contributed by atoms with Gasteiger partial charge in [0.05, 0.1) is 6.42 Å². The summed E-state index contributed by atoms with van der Waals surface area (Å²) in [6.45, 7) is 4.11. The molecule has 1 atom stereocenters. The topological polar surface area (TPSA) is 49.4 Å². The summed E-state index contributed by atoms with van der Waals surface area (Å²) in [6.07, 6.45) is 0.316. The fraction of sp³-hybridized carbons (Fsp3) is 0.300. The van der Waals surface area contributed by atoms with Crippen molar-refractivity contribution < 1.29 is 14.0 Å². The highest BCUT2D eigenvalue weighted by molar-refractivity contribution is 5.92. The van der Waals surface area contributed by atoms with Crippen molar-refractivity contribution in [1.29, 1.82) is 0 Å². The Labute approximate surface area is 146 Å². The molecule has 0 aliphatic carbocycles. The lowest BCUT2D eigenvalue weighted by molar-refractivity contribution is -0.143. The SMILES string of the molecule is CC(C)N1C(=O)Cc2ccccc2C1C(=O)NCc1ccc(F)cc1. The zero-order valence-corrected chi connectivity index (χ0v) is 14.3. The first-order chi connectivity index (χ1) is 12.0. The van der Waals surface area contributed by atoms with Crippen molar-refractivity contribution >= 4 is 11.8 Å². The van der Waals surface area contributed by atoms with Crippen LogP contribution in [0.25, 0.3) is 0 Å². The summed E-state index contributed by atoms with van der Waals surface area (Å²) in [4.78, 5) is 27.1. The van der Waals surface area contributed by atoms with Gasteiger partial charge >= 0.3 is 0 Å². The van der Waals surface area contributed by atoms with Crippen LogP contribution in [0, 0.1) is 5.82 Å². The number of amides is 2. The third-order valence-electron chi connectivity index (χ3n) is 4.44. The number of nitrogens with zero attached hydrogens (tertiary/aromatic N) is 1. The number of hydrogen-bond acceptors (Lipinski definition) is 2. The predicted octanol–water partition coefficient (Wildman–Crippen LogP) is 2.98. The fourth-order valence-corrected chi connectivity index (χ4v) is 3.25. The van der Waals surface area contributed by atoms with Crippen LogP contribution in [0.3, 0.4) is 0 Å². The molecular formula is C20H21FN2O2. The molecule has 3 rings (SSSR count). The maximum Gasteiger partial charge on any atom is 0.247 e. The van der Waals surface area contributed by atoms with Crippen molar-refractivity contribution in [1.82, 2.24) is 10.2 Å². The molecule has 25 heavy (non-hydrogen) atoms. The molecule has 2 aromatic rings. The molecule has 5 heteroatoms. The first kappa shape index (κ1) is 17.1. The van der Waals surface area contributed by atoms with Crippen molar-refractivity contribution in [2.24, 2.45) is 0 Å². The summed E-state index contributed by atoms with van der Waals surface area (Å²) >= 11 is 0. The van der Waals surface area contributed by atoms with Crippen molar-refractivity contribution in [2.75, 3.05) is 0 Å². The molecular weight excluding hydrogens is 319 g/mol. The Morgan fingerprint density at radius 3 is 2.56 bits per heavy atom. The van der Waals surface area contributed by atoms with Gasteiger partial charge in [-0.25, -0.2) is 4.39 Å². The molecule has 2 aromatic carbocycles. The second-order valence-corrected chi connectivity index (χ2v) is 6.52. The van der Waals surface area contributed by atoms with Crippen LogP contribution in [0.5, 0.6) is 0 Å². The van der Waals surface area contributed by atoms with Gasteiger partial charge in [-0.15, -0.1) is 0 Å². The van der Waals surface area contributed by atoms with E-state index in [1.165, 1.54) is 12.1 Å². The largest absolute Gasteiger partial charge is 0.350 e. The minimum atomic E-state index is -0.641. The first-order valence-corrected chi connectivity index (χ1v) is 8.38. The Morgan fingerprint density at radius 1 is 1.20 bits per heavy atom. The number of carbonyl (C=O) groups excluding carboxylic acids is 2. The third kappa shape index (κ3) is 3.55. The van der Waals surface area contributed by atoms with Crippen LogP contribution in [0.15, 0.2) is 48.5 Å². The minimum absolute atomic E-state index is 0.0457. The molecule has 0 radical (unpaired) electrons. The molecule has 1 unspecified atom stereocenters. The minimum Gasteiger partial charge on any atom is -0.350 e. The summed E-state index contributed by atoms with van der Waals surface area (Å²) in [6, 6.07) is 12.8. The molecule has 1 heterocycles. The van der Waals surface area contributed by atoms with E-state index in [0.29, 0.717) is 6.42 Å². The molecule has 0 saturated heterocycles. The maximum atomic E-state index is 13.0. The van der Waals surface area contributed by atoms with E-state index in [-0.39, 0.29) is 30.2 Å². The van der Waals surface area contributed by atoms with Crippen molar-refractivity contribution in [3.63, 3.8) is 0 Å². The summed E-state index contributed by atoms with van der Waals surface area (Å²) in [5, 5.41) is 2.88. The smallest absolute Gasteiger partial charge is 0.247 e. The van der Waals surface area contributed by atoms with Crippen LogP contribution in [0.2, 0.25) is 0 Å². The molecule has 0 aromatic heterocycles. The Hall–Kier alpha value is -2.69. The van der Waals surface area contributed by atoms with Gasteiger partial charge in [-0.2, -0.15) is 0 Å². The zero-order valence-electron chi connectivity index (χ0n) is 14.3. The summed E-state index contributed by atoms with van der Waals surface area (Å²) in [5.74, 6) is -0.581. The van der Waals surface area contributed by atoms with Gasteiger partial charge < -0.3 is 10.2 Å². The highest BCUT2D eigenvalue weighted by Gasteiger charge is 2.38. The van der Waals surface area contributed by atoms with E-state index >= 15 is 0 Å². The van der Waals surface area contributed by atoms with Crippen LogP contribution in [-0.2, 0) is 22.6 Å². The molecule has 0 bridgehead atoms. The van der Waals surface area contributed by atoms with E-state index in [0.717, 1.165) is 16.7 Å². The molecule has 4 nitrogen and oxygen atoms in total. The monoisotopic (exact) mass is 340 g/mol. The number of benzene rings is 2. The maximum absolute atomic E-state index is 13.0. The number of hydrogen-bond donors (Lipinski definition) is 1. The van der Waals surface area contributed by atoms with E-state index in [2.05, 4.69) is 5.32 Å². The van der Waals surface area contributed by atoms with E-state index in [1.807, 2.05) is 38.1 Å². The highest BCUT2D eigenvalue weighted by Crippen LogP contribution is 2.32. The molecule has 0 fully saturated rings. The predicted molar refractivity (Wildman–Crippen MR) is 93.1 cm³/mol. The van der Waals surface area contributed by atoms with Gasteiger partial charge in [-0.3, -0.25) is 9.59 Å². The standard InChI is InChI=1S/C20H21FN2O2/c1-13(2)23-18(24)11-15-5-3-4-6-17(15)19(23)20(25)22-12-14-7-9-16(21)10-8-14/h3-10,13,19H,11-12H2,1-2H3,(H,22,25). The van der Waals surface area contributed by atoms with Gasteiger partial charge in [-0.1, -0.05) is 36.4 Å². The molecule has 130 valence electrons. The zero-order chi connectivity index (χ0) is 18.0. The van der Waals surface area contributed by atoms with Gasteiger partial charge in [0.25, 0.3) is 0 Å². The average Bonchev–Trinajstić information content (AvgIpc) is 2.59. The lowest BCUT2D eigenvalue weighted by Gasteiger charge is -2.39. The Bertz CT molecular complexity index is 787. The number of rotatable bonds is 4. The Morgan fingerprint density at radius 2 is 1.88 bits per heavy atom. The van der Waals surface area contributed by atoms with Gasteiger partial charge in [0.2, 0.25) is 11.8 Å². The van der Waals surface area contributed by atoms with E-state index in [1.54, 1.807) is 17.0 Å². The molecule has 2 amide bonds. The number of carbonyl (C=O) groups is 2. The van der Waals surface area contributed by atoms with Crippen LogP contribution in [-0.4, -0.2) is 22.8 Å². The number of halogens is 1. The van der Waals surface area contributed by atoms with Crippen molar-refractivity contribution in [3.05, 3.63) is 71.0 Å². The van der Waals surface area contributed by atoms with Crippen molar-refractivity contribution in [3.8, 4) is 0 Å². The van der Waals surface area contributed by atoms with Gasteiger partial charge in [0.15, 0.2) is 0 Å². The van der Waals surface area contributed by atoms with Gasteiger partial charge in [-0.05, 0) is 42.7 Å². The summed E-state index contributed by atoms with van der Waals surface area (Å²) < 4.78 is 13.0. The highest BCUT2D eigenvalue weighted by atomic mass is 19.1. The molecule has 0 saturated carbocycles. The van der Waals surface area contributed by atoms with Crippen molar-refractivity contribution in [2.45, 2.75) is 38.9 Å². The summed E-state index contributed by atoms with van der Waals surface area (Å²) in [7, 11) is 0. The average molecular weight is 340 g/mol. The molecule has 1 aliphatic heterocycles. The molecule has 1 N–H and O–H groups in total. The summed E-state index contributed by atoms with van der Waals surface area (Å²) in [5.41, 5.74) is 2.57. The Kier molecular flexibility index (Phi) is 4.83.